The Balaban J connectivity index is 2.21. The Morgan fingerprint density at radius 1 is 1.19 bits per heavy atom. The predicted molar refractivity (Wildman–Crippen MR) is 98.9 cm³/mol. The average Bonchev–Trinajstić information content (AvgIpc) is 2.60. The summed E-state index contributed by atoms with van der Waals surface area (Å²) in [6.07, 6.45) is -0.295. The molecule has 0 aliphatic rings. The molecule has 7 heteroatoms. The fourth-order valence-electron chi connectivity index (χ4n) is 2.53. The fraction of sp³-hybridized carbons (Fsp3) is 0.316. The molecule has 0 fully saturated rings. The quantitative estimate of drug-likeness (QED) is 0.596. The Bertz CT molecular complexity index is 820. The van der Waals surface area contributed by atoms with Gasteiger partial charge in [0.25, 0.3) is 11.6 Å². The van der Waals surface area contributed by atoms with Gasteiger partial charge in [-0.2, -0.15) is 0 Å². The van der Waals surface area contributed by atoms with Gasteiger partial charge in [-0.25, -0.2) is 0 Å². The number of carbonyl (C=O) groups is 1. The first kappa shape index (κ1) is 19.2. The lowest BCUT2D eigenvalue weighted by Crippen LogP contribution is -2.32. The number of ether oxygens (including phenoxy) is 2. The number of carbonyl (C=O) groups excluding carboxylic acids is 1. The summed E-state index contributed by atoms with van der Waals surface area (Å²) >= 11 is 0. The molecule has 1 N–H and O–H groups in total. The molecule has 0 spiro atoms. The zero-order valence-electron chi connectivity index (χ0n) is 15.2. The van der Waals surface area contributed by atoms with E-state index in [4.69, 9.17) is 9.47 Å². The van der Waals surface area contributed by atoms with Crippen LogP contribution >= 0.6 is 0 Å². The number of nitro groups is 1. The van der Waals surface area contributed by atoms with Gasteiger partial charge in [-0.05, 0) is 38.0 Å². The maximum absolute atomic E-state index is 12.6. The molecule has 0 aliphatic heterocycles. The van der Waals surface area contributed by atoms with E-state index in [1.807, 2.05) is 39.0 Å². The van der Waals surface area contributed by atoms with Crippen LogP contribution in [0, 0.1) is 24.0 Å². The van der Waals surface area contributed by atoms with Crippen LogP contribution in [0.2, 0.25) is 0 Å². The summed E-state index contributed by atoms with van der Waals surface area (Å²) in [5.74, 6) is 0.570. The minimum atomic E-state index is -0.736. The van der Waals surface area contributed by atoms with Crippen molar-refractivity contribution >= 4 is 17.3 Å². The Labute approximate surface area is 152 Å². The van der Waals surface area contributed by atoms with Crippen molar-refractivity contribution in [2.24, 2.45) is 0 Å². The van der Waals surface area contributed by atoms with Crippen molar-refractivity contribution in [2.75, 3.05) is 12.4 Å². The second-order valence-corrected chi connectivity index (χ2v) is 5.91. The van der Waals surface area contributed by atoms with Crippen LogP contribution in [0.4, 0.5) is 11.4 Å². The van der Waals surface area contributed by atoms with Crippen molar-refractivity contribution in [1.82, 2.24) is 0 Å². The number of anilines is 1. The Morgan fingerprint density at radius 2 is 1.88 bits per heavy atom. The van der Waals surface area contributed by atoms with Gasteiger partial charge in [-0.15, -0.1) is 0 Å². The summed E-state index contributed by atoms with van der Waals surface area (Å²) in [5, 5.41) is 13.6. The lowest BCUT2D eigenvalue weighted by Gasteiger charge is -2.19. The van der Waals surface area contributed by atoms with E-state index < -0.39 is 16.9 Å². The third-order valence-corrected chi connectivity index (χ3v) is 3.91. The molecular formula is C19H22N2O5. The van der Waals surface area contributed by atoms with Gasteiger partial charge in [0.2, 0.25) is 0 Å². The maximum atomic E-state index is 12.6. The van der Waals surface area contributed by atoms with Gasteiger partial charge in [-0.1, -0.05) is 24.6 Å². The molecule has 7 nitrogen and oxygen atoms in total. The van der Waals surface area contributed by atoms with Crippen LogP contribution in [0.5, 0.6) is 11.5 Å². The molecule has 0 aliphatic carbocycles. The number of non-ortho nitro benzene ring substituents is 1. The monoisotopic (exact) mass is 358 g/mol. The van der Waals surface area contributed by atoms with Crippen LogP contribution in [-0.4, -0.2) is 24.0 Å². The molecule has 0 saturated heterocycles. The van der Waals surface area contributed by atoms with Crippen molar-refractivity contribution in [1.29, 1.82) is 0 Å². The minimum Gasteiger partial charge on any atom is -0.495 e. The van der Waals surface area contributed by atoms with Crippen LogP contribution in [-0.2, 0) is 4.79 Å². The Hall–Kier alpha value is -3.09. The molecule has 0 radical (unpaired) electrons. The van der Waals surface area contributed by atoms with Crippen LogP contribution < -0.4 is 14.8 Å². The summed E-state index contributed by atoms with van der Waals surface area (Å²) in [6, 6.07) is 9.74. The number of nitrogens with one attached hydrogen (secondary N) is 1. The Morgan fingerprint density at radius 3 is 2.46 bits per heavy atom. The molecule has 0 unspecified atom stereocenters. The second-order valence-electron chi connectivity index (χ2n) is 5.91. The highest BCUT2D eigenvalue weighted by Gasteiger charge is 2.22. The molecule has 0 heterocycles. The van der Waals surface area contributed by atoms with Gasteiger partial charge >= 0.3 is 0 Å². The van der Waals surface area contributed by atoms with Gasteiger partial charge in [0.1, 0.15) is 11.5 Å². The number of nitrogens with zero attached hydrogens (tertiary/aromatic N) is 1. The van der Waals surface area contributed by atoms with Crippen molar-refractivity contribution in [3.63, 3.8) is 0 Å². The molecular weight excluding hydrogens is 336 g/mol. The lowest BCUT2D eigenvalue weighted by molar-refractivity contribution is -0.384. The third kappa shape index (κ3) is 4.50. The molecule has 1 amide bonds. The molecule has 138 valence electrons. The number of rotatable bonds is 7. The van der Waals surface area contributed by atoms with Gasteiger partial charge in [-0.3, -0.25) is 14.9 Å². The van der Waals surface area contributed by atoms with Crippen LogP contribution in [0.25, 0.3) is 0 Å². The molecule has 2 rings (SSSR count). The van der Waals surface area contributed by atoms with Gasteiger partial charge in [0, 0.05) is 12.1 Å². The lowest BCUT2D eigenvalue weighted by atomic mass is 10.1. The first-order valence-electron chi connectivity index (χ1n) is 8.23. The fourth-order valence-corrected chi connectivity index (χ4v) is 2.53. The number of benzene rings is 2. The number of aryl methyl sites for hydroxylation is 2. The summed E-state index contributed by atoms with van der Waals surface area (Å²) in [5.41, 5.74) is 2.14. The molecule has 26 heavy (non-hydrogen) atoms. The number of nitro benzene ring substituents is 1. The number of methoxy groups -OCH3 is 1. The van der Waals surface area contributed by atoms with Crippen LogP contribution in [0.15, 0.2) is 36.4 Å². The highest BCUT2D eigenvalue weighted by Crippen LogP contribution is 2.29. The van der Waals surface area contributed by atoms with Crippen molar-refractivity contribution in [3.05, 3.63) is 57.6 Å². The SMILES string of the molecule is CC[C@H](Oc1ccc(C)cc1C)C(=O)Nc1cc([N+](=O)[O-])ccc1OC. The molecule has 1 atom stereocenters. The first-order valence-corrected chi connectivity index (χ1v) is 8.23. The van der Waals surface area contributed by atoms with Crippen LogP contribution in [0.3, 0.4) is 0 Å². The maximum Gasteiger partial charge on any atom is 0.271 e. The highest BCUT2D eigenvalue weighted by molar-refractivity contribution is 5.96. The van der Waals surface area contributed by atoms with Gasteiger partial charge < -0.3 is 14.8 Å². The van der Waals surface area contributed by atoms with Crippen molar-refractivity contribution in [2.45, 2.75) is 33.3 Å². The zero-order valence-corrected chi connectivity index (χ0v) is 15.2. The number of amides is 1. The Kier molecular flexibility index (Phi) is 6.16. The normalized spacial score (nSPS) is 11.5. The standard InChI is InChI=1S/C19H22N2O5/c1-5-16(26-17-8-6-12(2)10-13(17)3)19(22)20-15-11-14(21(23)24)7-9-18(15)25-4/h6-11,16H,5H2,1-4H3,(H,20,22)/t16-/m0/s1. The number of hydrogen-bond donors (Lipinski definition) is 1. The van der Waals surface area contributed by atoms with E-state index in [-0.39, 0.29) is 11.4 Å². The first-order chi connectivity index (χ1) is 12.3. The van der Waals surface area contributed by atoms with E-state index in [0.717, 1.165) is 11.1 Å². The summed E-state index contributed by atoms with van der Waals surface area (Å²) in [4.78, 5) is 23.0. The largest absolute Gasteiger partial charge is 0.495 e. The molecule has 2 aromatic carbocycles. The average molecular weight is 358 g/mol. The number of hydrogen-bond acceptors (Lipinski definition) is 5. The van der Waals surface area contributed by atoms with E-state index >= 15 is 0 Å². The van der Waals surface area contributed by atoms with E-state index in [9.17, 15) is 14.9 Å². The molecule has 2 aromatic rings. The van der Waals surface area contributed by atoms with Gasteiger partial charge in [0.05, 0.1) is 17.7 Å². The second kappa shape index (κ2) is 8.33. The van der Waals surface area contributed by atoms with Crippen molar-refractivity contribution < 1.29 is 19.2 Å². The van der Waals surface area contributed by atoms with E-state index in [0.29, 0.717) is 17.9 Å². The smallest absolute Gasteiger partial charge is 0.271 e. The summed E-state index contributed by atoms with van der Waals surface area (Å²) < 4.78 is 11.0. The topological polar surface area (TPSA) is 90.7 Å². The van der Waals surface area contributed by atoms with E-state index in [1.165, 1.54) is 25.3 Å². The molecule has 0 aromatic heterocycles. The molecule has 0 saturated carbocycles. The van der Waals surface area contributed by atoms with Crippen molar-refractivity contribution in [3.8, 4) is 11.5 Å². The van der Waals surface area contributed by atoms with E-state index in [2.05, 4.69) is 5.32 Å². The summed E-state index contributed by atoms with van der Waals surface area (Å²) in [7, 11) is 1.43. The molecule has 0 bridgehead atoms. The van der Waals surface area contributed by atoms with Gasteiger partial charge in [0.15, 0.2) is 6.10 Å². The predicted octanol–water partition coefficient (Wildman–Crippen LogP) is 4.02. The summed E-state index contributed by atoms with van der Waals surface area (Å²) in [6.45, 7) is 5.73. The van der Waals surface area contributed by atoms with Crippen LogP contribution in [0.1, 0.15) is 24.5 Å². The minimum absolute atomic E-state index is 0.135. The zero-order chi connectivity index (χ0) is 19.3. The third-order valence-electron chi connectivity index (χ3n) is 3.91. The highest BCUT2D eigenvalue weighted by atomic mass is 16.6. The van der Waals surface area contributed by atoms with E-state index in [1.54, 1.807) is 0 Å².